The number of nitrogens with one attached hydrogen (secondary N) is 1. The van der Waals surface area contributed by atoms with E-state index in [9.17, 15) is 9.90 Å². The molecule has 1 aromatic rings. The first-order chi connectivity index (χ1) is 8.04. The van der Waals surface area contributed by atoms with Crippen LogP contribution in [0.15, 0.2) is 24.3 Å². The van der Waals surface area contributed by atoms with E-state index in [2.05, 4.69) is 5.32 Å². The lowest BCUT2D eigenvalue weighted by Crippen LogP contribution is -2.35. The van der Waals surface area contributed by atoms with E-state index in [1.807, 2.05) is 0 Å². The lowest BCUT2D eigenvalue weighted by atomic mass is 10.1. The minimum atomic E-state index is -0.735. The van der Waals surface area contributed by atoms with Crippen LogP contribution in [0, 0.1) is 5.92 Å². The molecular formula is C12H17ClN2O2. The molecule has 1 rings (SSSR count). The Hall–Kier alpha value is -1.10. The number of aliphatic hydroxyl groups excluding tert-OH is 1. The van der Waals surface area contributed by atoms with E-state index in [4.69, 9.17) is 17.3 Å². The van der Waals surface area contributed by atoms with Crippen molar-refractivity contribution < 1.29 is 9.90 Å². The quantitative estimate of drug-likeness (QED) is 0.738. The van der Waals surface area contributed by atoms with Crippen LogP contribution in [0.25, 0.3) is 0 Å². The maximum absolute atomic E-state index is 11.4. The topological polar surface area (TPSA) is 75.4 Å². The Morgan fingerprint density at radius 2 is 2.06 bits per heavy atom. The lowest BCUT2D eigenvalue weighted by molar-refractivity contribution is -0.124. The number of hydrogen-bond donors (Lipinski definition) is 3. The van der Waals surface area contributed by atoms with Gasteiger partial charge in [0.15, 0.2) is 0 Å². The molecule has 0 aromatic heterocycles. The minimum absolute atomic E-state index is 0.152. The van der Waals surface area contributed by atoms with Crippen molar-refractivity contribution in [3.63, 3.8) is 0 Å². The van der Waals surface area contributed by atoms with Crippen molar-refractivity contribution in [3.8, 4) is 0 Å². The molecule has 0 aliphatic rings. The molecule has 0 saturated carbocycles. The molecule has 0 radical (unpaired) electrons. The fourth-order valence-electron chi connectivity index (χ4n) is 1.28. The van der Waals surface area contributed by atoms with Gasteiger partial charge in [-0.25, -0.2) is 0 Å². The number of rotatable bonds is 5. The SMILES string of the molecule is CC(CN)C(=O)NCC(O)c1ccc(Cl)cc1. The van der Waals surface area contributed by atoms with Gasteiger partial charge in [0, 0.05) is 24.0 Å². The third-order valence-corrected chi connectivity index (χ3v) is 2.78. The van der Waals surface area contributed by atoms with Gasteiger partial charge < -0.3 is 16.2 Å². The molecule has 0 spiro atoms. The highest BCUT2D eigenvalue weighted by Gasteiger charge is 2.13. The van der Waals surface area contributed by atoms with Gasteiger partial charge >= 0.3 is 0 Å². The molecule has 4 nitrogen and oxygen atoms in total. The van der Waals surface area contributed by atoms with Gasteiger partial charge in [0.25, 0.3) is 0 Å². The summed E-state index contributed by atoms with van der Waals surface area (Å²) in [7, 11) is 0. The summed E-state index contributed by atoms with van der Waals surface area (Å²) >= 11 is 5.74. The lowest BCUT2D eigenvalue weighted by Gasteiger charge is -2.14. The number of amides is 1. The van der Waals surface area contributed by atoms with E-state index in [0.717, 1.165) is 5.56 Å². The van der Waals surface area contributed by atoms with E-state index < -0.39 is 6.10 Å². The molecule has 4 N–H and O–H groups in total. The summed E-state index contributed by atoms with van der Waals surface area (Å²) in [6.45, 7) is 2.21. The second-order valence-corrected chi connectivity index (χ2v) is 4.39. The van der Waals surface area contributed by atoms with Gasteiger partial charge in [0.05, 0.1) is 6.10 Å². The van der Waals surface area contributed by atoms with Crippen LogP contribution in [-0.4, -0.2) is 24.1 Å². The van der Waals surface area contributed by atoms with Crippen LogP contribution in [0.3, 0.4) is 0 Å². The number of hydrogen-bond acceptors (Lipinski definition) is 3. The second kappa shape index (κ2) is 6.59. The normalized spacial score (nSPS) is 14.1. The van der Waals surface area contributed by atoms with Crippen LogP contribution in [0.5, 0.6) is 0 Å². The first kappa shape index (κ1) is 14.0. The van der Waals surface area contributed by atoms with Crippen molar-refractivity contribution in [1.82, 2.24) is 5.32 Å². The Morgan fingerprint density at radius 3 is 2.59 bits per heavy atom. The van der Waals surface area contributed by atoms with Crippen molar-refractivity contribution in [3.05, 3.63) is 34.9 Å². The molecule has 94 valence electrons. The van der Waals surface area contributed by atoms with Crippen LogP contribution in [-0.2, 0) is 4.79 Å². The zero-order valence-corrected chi connectivity index (χ0v) is 10.4. The molecule has 0 aliphatic carbocycles. The predicted molar refractivity (Wildman–Crippen MR) is 67.6 cm³/mol. The van der Waals surface area contributed by atoms with E-state index in [1.54, 1.807) is 31.2 Å². The monoisotopic (exact) mass is 256 g/mol. The van der Waals surface area contributed by atoms with E-state index in [-0.39, 0.29) is 18.4 Å². The molecular weight excluding hydrogens is 240 g/mol. The van der Waals surface area contributed by atoms with Gasteiger partial charge in [-0.2, -0.15) is 0 Å². The highest BCUT2D eigenvalue weighted by Crippen LogP contribution is 2.15. The van der Waals surface area contributed by atoms with Gasteiger partial charge in [-0.05, 0) is 17.7 Å². The largest absolute Gasteiger partial charge is 0.387 e. The fraction of sp³-hybridized carbons (Fsp3) is 0.417. The first-order valence-electron chi connectivity index (χ1n) is 5.46. The molecule has 1 amide bonds. The summed E-state index contributed by atoms with van der Waals surface area (Å²) in [5.41, 5.74) is 6.09. The molecule has 0 fully saturated rings. The summed E-state index contributed by atoms with van der Waals surface area (Å²) < 4.78 is 0. The maximum Gasteiger partial charge on any atom is 0.224 e. The van der Waals surface area contributed by atoms with Crippen LogP contribution in [0.1, 0.15) is 18.6 Å². The average Bonchev–Trinajstić information content (AvgIpc) is 2.35. The Balaban J connectivity index is 2.47. The molecule has 2 atom stereocenters. The Kier molecular flexibility index (Phi) is 5.41. The van der Waals surface area contributed by atoms with E-state index in [0.29, 0.717) is 11.6 Å². The van der Waals surface area contributed by atoms with E-state index >= 15 is 0 Å². The first-order valence-corrected chi connectivity index (χ1v) is 5.83. The number of carbonyl (C=O) groups is 1. The van der Waals surface area contributed by atoms with E-state index in [1.165, 1.54) is 0 Å². The van der Waals surface area contributed by atoms with Gasteiger partial charge in [-0.3, -0.25) is 4.79 Å². The highest BCUT2D eigenvalue weighted by atomic mass is 35.5. The number of carbonyl (C=O) groups excluding carboxylic acids is 1. The van der Waals surface area contributed by atoms with Gasteiger partial charge in [-0.15, -0.1) is 0 Å². The number of aliphatic hydroxyl groups is 1. The number of nitrogens with two attached hydrogens (primary N) is 1. The smallest absolute Gasteiger partial charge is 0.224 e. The fourth-order valence-corrected chi connectivity index (χ4v) is 1.41. The standard InChI is InChI=1S/C12H17ClN2O2/c1-8(6-14)12(17)15-7-11(16)9-2-4-10(13)5-3-9/h2-5,8,11,16H,6-7,14H2,1H3,(H,15,17). The molecule has 0 bridgehead atoms. The maximum atomic E-state index is 11.4. The second-order valence-electron chi connectivity index (χ2n) is 3.95. The molecule has 0 saturated heterocycles. The van der Waals surface area contributed by atoms with Crippen LogP contribution in [0.4, 0.5) is 0 Å². The molecule has 2 unspecified atom stereocenters. The van der Waals surface area contributed by atoms with Crippen molar-refractivity contribution in [2.45, 2.75) is 13.0 Å². The average molecular weight is 257 g/mol. The molecule has 1 aromatic carbocycles. The predicted octanol–water partition coefficient (Wildman–Crippen LogP) is 1.08. The molecule has 0 heterocycles. The third kappa shape index (κ3) is 4.34. The van der Waals surface area contributed by atoms with Crippen molar-refractivity contribution >= 4 is 17.5 Å². The van der Waals surface area contributed by atoms with Crippen LogP contribution in [0.2, 0.25) is 5.02 Å². The molecule has 0 aliphatic heterocycles. The van der Waals surface area contributed by atoms with Gasteiger partial charge in [-0.1, -0.05) is 30.7 Å². The van der Waals surface area contributed by atoms with Crippen molar-refractivity contribution in [2.24, 2.45) is 11.7 Å². The van der Waals surface area contributed by atoms with Gasteiger partial charge in [0.1, 0.15) is 0 Å². The Labute approximate surface area is 106 Å². The Morgan fingerprint density at radius 1 is 1.47 bits per heavy atom. The molecule has 5 heteroatoms. The highest BCUT2D eigenvalue weighted by molar-refractivity contribution is 6.30. The van der Waals surface area contributed by atoms with Crippen molar-refractivity contribution in [2.75, 3.05) is 13.1 Å². The summed E-state index contributed by atoms with van der Waals surface area (Å²) in [5, 5.41) is 13.1. The zero-order chi connectivity index (χ0) is 12.8. The number of benzene rings is 1. The summed E-state index contributed by atoms with van der Waals surface area (Å²) in [4.78, 5) is 11.4. The zero-order valence-electron chi connectivity index (χ0n) is 9.69. The number of halogens is 1. The summed E-state index contributed by atoms with van der Waals surface area (Å²) in [6, 6.07) is 6.85. The van der Waals surface area contributed by atoms with Crippen LogP contribution >= 0.6 is 11.6 Å². The molecule has 17 heavy (non-hydrogen) atoms. The Bertz CT molecular complexity index is 367. The van der Waals surface area contributed by atoms with Gasteiger partial charge in [0.2, 0.25) is 5.91 Å². The minimum Gasteiger partial charge on any atom is -0.387 e. The third-order valence-electron chi connectivity index (χ3n) is 2.53. The summed E-state index contributed by atoms with van der Waals surface area (Å²) in [6.07, 6.45) is -0.735. The summed E-state index contributed by atoms with van der Waals surface area (Å²) in [5.74, 6) is -0.395. The van der Waals surface area contributed by atoms with Crippen molar-refractivity contribution in [1.29, 1.82) is 0 Å². The van der Waals surface area contributed by atoms with Crippen LogP contribution < -0.4 is 11.1 Å².